The van der Waals surface area contributed by atoms with Gasteiger partial charge in [-0.2, -0.15) is 0 Å². The van der Waals surface area contributed by atoms with Crippen LogP contribution >= 0.6 is 0 Å². The van der Waals surface area contributed by atoms with Crippen LogP contribution < -0.4 is 5.43 Å². The fourth-order valence-corrected chi connectivity index (χ4v) is 4.72. The average Bonchev–Trinajstić information content (AvgIpc) is 3.10. The van der Waals surface area contributed by atoms with E-state index in [0.717, 1.165) is 37.2 Å². The summed E-state index contributed by atoms with van der Waals surface area (Å²) < 4.78 is 11.5. The lowest BCUT2D eigenvalue weighted by Gasteiger charge is -2.31. The van der Waals surface area contributed by atoms with Crippen LogP contribution in [0.3, 0.4) is 0 Å². The molecule has 1 saturated heterocycles. The van der Waals surface area contributed by atoms with E-state index in [0.29, 0.717) is 36.3 Å². The van der Waals surface area contributed by atoms with Crippen molar-refractivity contribution in [3.63, 3.8) is 0 Å². The number of morpholine rings is 1. The molecule has 2 aliphatic heterocycles. The minimum Gasteiger partial charge on any atom is -0.450 e. The summed E-state index contributed by atoms with van der Waals surface area (Å²) >= 11 is 0. The molecule has 6 heteroatoms. The lowest BCUT2D eigenvalue weighted by molar-refractivity contribution is 0.0314. The monoisotopic (exact) mass is 432 g/mol. The Morgan fingerprint density at radius 1 is 1.00 bits per heavy atom. The van der Waals surface area contributed by atoms with Crippen LogP contribution in [0.2, 0.25) is 0 Å². The highest BCUT2D eigenvalue weighted by molar-refractivity contribution is 5.99. The number of aryl methyl sites for hydroxylation is 2. The smallest absolute Gasteiger partial charge is 0.290 e. The molecule has 6 nitrogen and oxygen atoms in total. The van der Waals surface area contributed by atoms with E-state index in [4.69, 9.17) is 9.15 Å². The molecular weight excluding hydrogens is 404 g/mol. The van der Waals surface area contributed by atoms with Crippen LogP contribution in [0.1, 0.15) is 45.8 Å². The Kier molecular flexibility index (Phi) is 5.57. The Morgan fingerprint density at radius 3 is 2.47 bits per heavy atom. The van der Waals surface area contributed by atoms with Gasteiger partial charge in [0.1, 0.15) is 5.58 Å². The fraction of sp³-hybridized carbons (Fsp3) is 0.385. The SMILES string of the molecule is CCc1ccc(C2c3c(oc4ccc(C)cc4c3=O)C(=O)N2CCN2CCOCC2)cc1. The quantitative estimate of drug-likeness (QED) is 0.617. The third-order valence-corrected chi connectivity index (χ3v) is 6.59. The van der Waals surface area contributed by atoms with Gasteiger partial charge >= 0.3 is 0 Å². The van der Waals surface area contributed by atoms with Crippen molar-refractivity contribution in [2.24, 2.45) is 0 Å². The zero-order valence-corrected chi connectivity index (χ0v) is 18.6. The number of hydrogen-bond acceptors (Lipinski definition) is 5. The Hall–Kier alpha value is -2.96. The van der Waals surface area contributed by atoms with Crippen molar-refractivity contribution in [2.45, 2.75) is 26.3 Å². The van der Waals surface area contributed by atoms with Gasteiger partial charge in [0, 0.05) is 26.2 Å². The molecule has 1 fully saturated rings. The third-order valence-electron chi connectivity index (χ3n) is 6.59. The van der Waals surface area contributed by atoms with Crippen LogP contribution in [0, 0.1) is 6.92 Å². The lowest BCUT2D eigenvalue weighted by Crippen LogP contribution is -2.42. The van der Waals surface area contributed by atoms with E-state index < -0.39 is 6.04 Å². The number of ether oxygens (including phenoxy) is 1. The van der Waals surface area contributed by atoms with E-state index in [1.165, 1.54) is 5.56 Å². The molecule has 3 heterocycles. The molecule has 0 spiro atoms. The highest BCUT2D eigenvalue weighted by Crippen LogP contribution is 2.38. The lowest BCUT2D eigenvalue weighted by atomic mass is 9.97. The molecule has 0 N–H and O–H groups in total. The van der Waals surface area contributed by atoms with Crippen LogP contribution in [0.25, 0.3) is 11.0 Å². The van der Waals surface area contributed by atoms with Crippen molar-refractivity contribution >= 4 is 16.9 Å². The van der Waals surface area contributed by atoms with Crippen LogP contribution in [0.5, 0.6) is 0 Å². The Balaban J connectivity index is 1.60. The highest BCUT2D eigenvalue weighted by atomic mass is 16.5. The largest absolute Gasteiger partial charge is 0.450 e. The second-order valence-electron chi connectivity index (χ2n) is 8.62. The zero-order chi connectivity index (χ0) is 22.2. The molecule has 0 bridgehead atoms. The number of rotatable bonds is 5. The first-order valence-corrected chi connectivity index (χ1v) is 11.3. The molecule has 5 rings (SSSR count). The van der Waals surface area contributed by atoms with Gasteiger partial charge in [0.15, 0.2) is 5.43 Å². The van der Waals surface area contributed by atoms with Crippen LogP contribution in [0.15, 0.2) is 51.7 Å². The van der Waals surface area contributed by atoms with E-state index in [9.17, 15) is 9.59 Å². The molecule has 1 aromatic heterocycles. The standard InChI is InChI=1S/C26H28N2O4/c1-3-18-5-7-19(8-6-18)23-22-24(29)20-16-17(2)4-9-21(20)32-25(22)26(30)28(23)11-10-27-12-14-31-15-13-27/h4-9,16,23H,3,10-15H2,1-2H3. The third kappa shape index (κ3) is 3.63. The molecular formula is C26H28N2O4. The molecule has 166 valence electrons. The van der Waals surface area contributed by atoms with Gasteiger partial charge < -0.3 is 14.1 Å². The van der Waals surface area contributed by atoms with E-state index in [2.05, 4.69) is 24.0 Å². The topological polar surface area (TPSA) is 63.0 Å². The molecule has 0 aliphatic carbocycles. The summed E-state index contributed by atoms with van der Waals surface area (Å²) in [6.45, 7) is 8.45. The van der Waals surface area contributed by atoms with E-state index in [1.807, 2.05) is 31.2 Å². The minimum absolute atomic E-state index is 0.114. The number of nitrogens with zero attached hydrogens (tertiary/aromatic N) is 2. The molecule has 3 aromatic rings. The van der Waals surface area contributed by atoms with Gasteiger partial charge in [0.05, 0.1) is 30.2 Å². The summed E-state index contributed by atoms with van der Waals surface area (Å²) in [6, 6.07) is 13.3. The fourth-order valence-electron chi connectivity index (χ4n) is 4.72. The summed E-state index contributed by atoms with van der Waals surface area (Å²) in [5.41, 5.74) is 3.95. The van der Waals surface area contributed by atoms with Crippen molar-refractivity contribution in [1.82, 2.24) is 9.80 Å². The maximum absolute atomic E-state index is 13.6. The predicted molar refractivity (Wildman–Crippen MR) is 123 cm³/mol. The second kappa shape index (κ2) is 8.52. The number of carbonyl (C=O) groups excluding carboxylic acids is 1. The maximum Gasteiger partial charge on any atom is 0.290 e. The summed E-state index contributed by atoms with van der Waals surface area (Å²) in [7, 11) is 0. The normalized spacial score (nSPS) is 19.0. The van der Waals surface area contributed by atoms with E-state index in [1.54, 1.807) is 11.0 Å². The van der Waals surface area contributed by atoms with Crippen molar-refractivity contribution in [3.05, 3.63) is 80.7 Å². The van der Waals surface area contributed by atoms with E-state index >= 15 is 0 Å². The number of fused-ring (bicyclic) bond motifs is 2. The van der Waals surface area contributed by atoms with Crippen LogP contribution in [0.4, 0.5) is 0 Å². The molecule has 1 amide bonds. The Bertz CT molecular complexity index is 1210. The number of benzene rings is 2. The van der Waals surface area contributed by atoms with Crippen LogP contribution in [-0.4, -0.2) is 55.1 Å². The molecule has 1 unspecified atom stereocenters. The molecule has 32 heavy (non-hydrogen) atoms. The number of carbonyl (C=O) groups is 1. The average molecular weight is 433 g/mol. The first-order chi connectivity index (χ1) is 15.6. The second-order valence-corrected chi connectivity index (χ2v) is 8.62. The van der Waals surface area contributed by atoms with Crippen molar-refractivity contribution in [2.75, 3.05) is 39.4 Å². The Morgan fingerprint density at radius 2 is 1.75 bits per heavy atom. The van der Waals surface area contributed by atoms with Gasteiger partial charge in [-0.25, -0.2) is 0 Å². The molecule has 0 saturated carbocycles. The predicted octanol–water partition coefficient (Wildman–Crippen LogP) is 3.54. The summed E-state index contributed by atoms with van der Waals surface area (Å²) in [4.78, 5) is 31.2. The van der Waals surface area contributed by atoms with Gasteiger partial charge in [-0.1, -0.05) is 42.8 Å². The molecule has 2 aromatic carbocycles. The Labute approximate surface area is 187 Å². The zero-order valence-electron chi connectivity index (χ0n) is 18.6. The first kappa shape index (κ1) is 20.9. The summed E-state index contributed by atoms with van der Waals surface area (Å²) in [5, 5.41) is 0.529. The maximum atomic E-state index is 13.6. The van der Waals surface area contributed by atoms with Gasteiger partial charge in [-0.05, 0) is 36.6 Å². The number of hydrogen-bond donors (Lipinski definition) is 0. The molecule has 2 aliphatic rings. The van der Waals surface area contributed by atoms with E-state index in [-0.39, 0.29) is 17.1 Å². The van der Waals surface area contributed by atoms with Gasteiger partial charge in [-0.3, -0.25) is 14.5 Å². The number of amides is 1. The van der Waals surface area contributed by atoms with Crippen LogP contribution in [-0.2, 0) is 11.2 Å². The van der Waals surface area contributed by atoms with Crippen molar-refractivity contribution < 1.29 is 13.9 Å². The summed E-state index contributed by atoms with van der Waals surface area (Å²) in [5.74, 6) is -0.0321. The molecule has 0 radical (unpaired) electrons. The first-order valence-electron chi connectivity index (χ1n) is 11.3. The molecule has 1 atom stereocenters. The van der Waals surface area contributed by atoms with Crippen molar-refractivity contribution in [3.8, 4) is 0 Å². The van der Waals surface area contributed by atoms with Gasteiger partial charge in [0.25, 0.3) is 5.91 Å². The highest BCUT2D eigenvalue weighted by Gasteiger charge is 2.42. The van der Waals surface area contributed by atoms with Crippen molar-refractivity contribution in [1.29, 1.82) is 0 Å². The summed E-state index contributed by atoms with van der Waals surface area (Å²) in [6.07, 6.45) is 0.938. The van der Waals surface area contributed by atoms with Gasteiger partial charge in [0.2, 0.25) is 5.76 Å². The van der Waals surface area contributed by atoms with Gasteiger partial charge in [-0.15, -0.1) is 0 Å². The minimum atomic E-state index is -0.439.